The molecule has 9 heteroatoms. The Balaban J connectivity index is 3.33. The molecule has 0 bridgehead atoms. The second kappa shape index (κ2) is 5.85. The zero-order valence-corrected chi connectivity index (χ0v) is 12.5. The van der Waals surface area contributed by atoms with E-state index in [0.29, 0.717) is 0 Å². The number of nitrogen functional groups attached to an aromatic ring is 1. The first-order valence-corrected chi connectivity index (χ1v) is 7.46. The molecule has 0 fully saturated rings. The fourth-order valence-electron chi connectivity index (χ4n) is 1.42. The van der Waals surface area contributed by atoms with Crippen molar-refractivity contribution in [2.45, 2.75) is 11.8 Å². The maximum absolute atomic E-state index is 13.2. The van der Waals surface area contributed by atoms with Gasteiger partial charge in [0.1, 0.15) is 5.82 Å². The zero-order chi connectivity index (χ0) is 14.8. The normalized spacial score (nSPS) is 11.8. The highest BCUT2D eigenvalue weighted by atomic mass is 79.9. The van der Waals surface area contributed by atoms with E-state index in [1.807, 2.05) is 0 Å². The fourth-order valence-corrected chi connectivity index (χ4v) is 3.85. The molecule has 0 saturated carbocycles. The molecule has 1 aromatic carbocycles. The van der Waals surface area contributed by atoms with Crippen LogP contribution in [-0.4, -0.2) is 31.7 Å². The molecule has 0 aliphatic heterocycles. The van der Waals surface area contributed by atoms with Gasteiger partial charge in [-0.05, 0) is 28.1 Å². The van der Waals surface area contributed by atoms with Gasteiger partial charge in [-0.15, -0.1) is 0 Å². The summed E-state index contributed by atoms with van der Waals surface area (Å²) >= 11 is 2.96. The number of hydrogen-bond donors (Lipinski definition) is 2. The highest BCUT2D eigenvalue weighted by Crippen LogP contribution is 2.28. The smallest absolute Gasteiger partial charge is 0.244 e. The molecule has 1 aromatic rings. The largest absolute Gasteiger partial charge is 0.396 e. The van der Waals surface area contributed by atoms with Crippen molar-refractivity contribution >= 4 is 37.5 Å². The molecular formula is C10H13BrFN3O3S. The predicted molar refractivity (Wildman–Crippen MR) is 72.1 cm³/mol. The van der Waals surface area contributed by atoms with Crippen molar-refractivity contribution in [3.63, 3.8) is 0 Å². The molecule has 0 heterocycles. The van der Waals surface area contributed by atoms with Crippen LogP contribution in [0, 0.1) is 5.82 Å². The quantitative estimate of drug-likeness (QED) is 0.758. The molecule has 0 aliphatic carbocycles. The van der Waals surface area contributed by atoms with Crippen LogP contribution < -0.4 is 11.5 Å². The van der Waals surface area contributed by atoms with Gasteiger partial charge >= 0.3 is 0 Å². The van der Waals surface area contributed by atoms with E-state index >= 15 is 0 Å². The van der Waals surface area contributed by atoms with E-state index in [9.17, 15) is 17.6 Å². The van der Waals surface area contributed by atoms with Crippen LogP contribution in [0.25, 0.3) is 0 Å². The number of amides is 1. The first-order chi connectivity index (χ1) is 8.70. The molecule has 4 N–H and O–H groups in total. The number of sulfonamides is 1. The van der Waals surface area contributed by atoms with E-state index in [4.69, 9.17) is 11.5 Å². The van der Waals surface area contributed by atoms with Crippen LogP contribution in [0.2, 0.25) is 0 Å². The van der Waals surface area contributed by atoms with E-state index in [-0.39, 0.29) is 21.6 Å². The van der Waals surface area contributed by atoms with Gasteiger partial charge in [0.15, 0.2) is 0 Å². The van der Waals surface area contributed by atoms with Gasteiger partial charge in [-0.3, -0.25) is 4.79 Å². The number of nitrogens with zero attached hydrogens (tertiary/aromatic N) is 1. The summed E-state index contributed by atoms with van der Waals surface area (Å²) in [6.07, 6.45) is 0. The lowest BCUT2D eigenvalue weighted by atomic mass is 10.3. The predicted octanol–water partition coefficient (Wildman–Crippen LogP) is 0.666. The van der Waals surface area contributed by atoms with Crippen molar-refractivity contribution in [1.82, 2.24) is 4.31 Å². The standard InChI is InChI=1S/C10H13BrFN3O3S/c1-2-15(5-10(14)16)19(17,18)9-4-8(13)7(12)3-6(9)11/h3-4H,2,5,13H2,1H3,(H2,14,16). The van der Waals surface area contributed by atoms with Crippen LogP contribution in [0.3, 0.4) is 0 Å². The van der Waals surface area contributed by atoms with Gasteiger partial charge in [0.25, 0.3) is 0 Å². The van der Waals surface area contributed by atoms with Crippen molar-refractivity contribution in [3.05, 3.63) is 22.4 Å². The Morgan fingerprint density at radius 2 is 2.05 bits per heavy atom. The Morgan fingerprint density at radius 1 is 1.47 bits per heavy atom. The molecule has 0 unspecified atom stereocenters. The minimum absolute atomic E-state index is 0.0297. The van der Waals surface area contributed by atoms with E-state index in [2.05, 4.69) is 15.9 Å². The van der Waals surface area contributed by atoms with E-state index in [1.54, 1.807) is 6.92 Å². The van der Waals surface area contributed by atoms with Crippen LogP contribution in [0.1, 0.15) is 6.92 Å². The number of hydrogen-bond acceptors (Lipinski definition) is 4. The Bertz CT molecular complexity index is 606. The molecule has 0 radical (unpaired) electrons. The molecule has 19 heavy (non-hydrogen) atoms. The first-order valence-electron chi connectivity index (χ1n) is 5.23. The summed E-state index contributed by atoms with van der Waals surface area (Å²) in [4.78, 5) is 10.7. The summed E-state index contributed by atoms with van der Waals surface area (Å²) in [5, 5.41) is 0. The number of primary amides is 1. The van der Waals surface area contributed by atoms with Gasteiger partial charge in [0.05, 0.1) is 17.1 Å². The molecule has 1 rings (SSSR count). The second-order valence-electron chi connectivity index (χ2n) is 3.70. The van der Waals surface area contributed by atoms with Crippen molar-refractivity contribution < 1.29 is 17.6 Å². The van der Waals surface area contributed by atoms with Crippen LogP contribution in [0.5, 0.6) is 0 Å². The number of nitrogens with two attached hydrogens (primary N) is 2. The Kier molecular flexibility index (Phi) is 4.88. The Morgan fingerprint density at radius 3 is 2.53 bits per heavy atom. The highest BCUT2D eigenvalue weighted by molar-refractivity contribution is 9.10. The molecule has 0 spiro atoms. The first kappa shape index (κ1) is 15.9. The lowest BCUT2D eigenvalue weighted by Gasteiger charge is -2.20. The van der Waals surface area contributed by atoms with Crippen LogP contribution in [0.4, 0.5) is 10.1 Å². The van der Waals surface area contributed by atoms with E-state index in [0.717, 1.165) is 16.4 Å². The van der Waals surface area contributed by atoms with Crippen LogP contribution >= 0.6 is 15.9 Å². The third kappa shape index (κ3) is 3.43. The molecule has 0 saturated heterocycles. The number of halogens is 2. The number of benzene rings is 1. The molecule has 0 atom stereocenters. The van der Waals surface area contributed by atoms with Crippen molar-refractivity contribution in [2.75, 3.05) is 18.8 Å². The third-order valence-electron chi connectivity index (χ3n) is 2.35. The topological polar surface area (TPSA) is 106 Å². The summed E-state index contributed by atoms with van der Waals surface area (Å²) in [5.74, 6) is -1.51. The SMILES string of the molecule is CCN(CC(N)=O)S(=O)(=O)c1cc(N)c(F)cc1Br. The van der Waals surface area contributed by atoms with Crippen molar-refractivity contribution in [2.24, 2.45) is 5.73 Å². The van der Waals surface area contributed by atoms with Crippen LogP contribution in [0.15, 0.2) is 21.5 Å². The maximum Gasteiger partial charge on any atom is 0.244 e. The van der Waals surface area contributed by atoms with Gasteiger partial charge in [0.2, 0.25) is 15.9 Å². The summed E-state index contributed by atoms with van der Waals surface area (Å²) in [6.45, 7) is 1.15. The summed E-state index contributed by atoms with van der Waals surface area (Å²) in [5.41, 5.74) is 10.1. The van der Waals surface area contributed by atoms with Crippen molar-refractivity contribution in [1.29, 1.82) is 0 Å². The minimum Gasteiger partial charge on any atom is -0.396 e. The highest BCUT2D eigenvalue weighted by Gasteiger charge is 2.27. The van der Waals surface area contributed by atoms with Crippen molar-refractivity contribution in [3.8, 4) is 0 Å². The number of carbonyl (C=O) groups is 1. The number of likely N-dealkylation sites (N-methyl/N-ethyl adjacent to an activating group) is 1. The van der Waals surface area contributed by atoms with E-state index < -0.39 is 28.3 Å². The molecule has 106 valence electrons. The molecular weight excluding hydrogens is 341 g/mol. The van der Waals surface area contributed by atoms with Gasteiger partial charge in [-0.2, -0.15) is 4.31 Å². The molecule has 0 aliphatic rings. The fraction of sp³-hybridized carbons (Fsp3) is 0.300. The average molecular weight is 354 g/mol. The van der Waals surface area contributed by atoms with Gasteiger partial charge in [-0.25, -0.2) is 12.8 Å². The second-order valence-corrected chi connectivity index (χ2v) is 6.46. The Labute approximate surface area is 118 Å². The summed E-state index contributed by atoms with van der Waals surface area (Å²) in [6, 6.07) is 1.96. The monoisotopic (exact) mass is 353 g/mol. The van der Waals surface area contributed by atoms with Gasteiger partial charge in [-0.1, -0.05) is 6.92 Å². The van der Waals surface area contributed by atoms with Crippen LogP contribution in [-0.2, 0) is 14.8 Å². The third-order valence-corrected chi connectivity index (χ3v) is 5.23. The molecule has 1 amide bonds. The Hall–Kier alpha value is -1.19. The van der Waals surface area contributed by atoms with Gasteiger partial charge < -0.3 is 11.5 Å². The summed E-state index contributed by atoms with van der Waals surface area (Å²) < 4.78 is 38.7. The molecule has 6 nitrogen and oxygen atoms in total. The number of rotatable bonds is 5. The zero-order valence-electron chi connectivity index (χ0n) is 10.1. The maximum atomic E-state index is 13.2. The lowest BCUT2D eigenvalue weighted by molar-refractivity contribution is -0.118. The van der Waals surface area contributed by atoms with E-state index in [1.165, 1.54) is 0 Å². The lowest BCUT2D eigenvalue weighted by Crippen LogP contribution is -2.38. The minimum atomic E-state index is -3.98. The molecule has 0 aromatic heterocycles. The average Bonchev–Trinajstić information content (AvgIpc) is 2.30. The number of anilines is 1. The van der Waals surface area contributed by atoms with Gasteiger partial charge in [0, 0.05) is 11.0 Å². The number of carbonyl (C=O) groups excluding carboxylic acids is 1. The summed E-state index contributed by atoms with van der Waals surface area (Å²) in [7, 11) is -3.98.